The zero-order valence-corrected chi connectivity index (χ0v) is 26.0. The van der Waals surface area contributed by atoms with Crippen LogP contribution in [0.1, 0.15) is 125 Å². The maximum absolute atomic E-state index is 13.0. The molecule has 1 atom stereocenters. The molecule has 0 radical (unpaired) electrons. The fraction of sp³-hybridized carbons (Fsp3) is 0.750. The number of carboxylic acid groups (broad SMARTS) is 1. The lowest BCUT2D eigenvalue weighted by Gasteiger charge is -2.57. The van der Waals surface area contributed by atoms with Gasteiger partial charge in [0.05, 0.1) is 0 Å². The van der Waals surface area contributed by atoms with Crippen molar-refractivity contribution in [2.75, 3.05) is 7.05 Å². The Balaban J connectivity index is 2.78. The second-order valence-electron chi connectivity index (χ2n) is 14.9. The van der Waals surface area contributed by atoms with Gasteiger partial charge in [-0.05, 0) is 81.5 Å². The Labute approximate surface area is 231 Å². The molecule has 0 aliphatic carbocycles. The number of likely N-dealkylation sites (tertiary alicyclic amines) is 1. The topological polar surface area (TPSA) is 87.1 Å². The van der Waals surface area contributed by atoms with E-state index in [9.17, 15) is 19.8 Å². The highest BCUT2D eigenvalue weighted by Crippen LogP contribution is 2.49. The molecule has 2 N–H and O–H groups in total. The van der Waals surface area contributed by atoms with Crippen LogP contribution in [0.4, 0.5) is 0 Å². The summed E-state index contributed by atoms with van der Waals surface area (Å²) in [6, 6.07) is 4.12. The van der Waals surface area contributed by atoms with Crippen molar-refractivity contribution in [3.63, 3.8) is 0 Å². The van der Waals surface area contributed by atoms with Gasteiger partial charge in [0, 0.05) is 23.4 Å². The van der Waals surface area contributed by atoms with Crippen LogP contribution in [-0.4, -0.2) is 50.8 Å². The van der Waals surface area contributed by atoms with Gasteiger partial charge in [0.25, 0.3) is 0 Å². The Bertz CT molecular complexity index is 974. The zero-order valence-electron chi connectivity index (χ0n) is 26.0. The van der Waals surface area contributed by atoms with Crippen molar-refractivity contribution >= 4 is 11.9 Å². The number of hydrogen-bond acceptors (Lipinski definition) is 5. The molecule has 0 aromatic heterocycles. The van der Waals surface area contributed by atoms with Crippen LogP contribution in [0.5, 0.6) is 5.75 Å². The summed E-state index contributed by atoms with van der Waals surface area (Å²) in [5, 5.41) is 20.6. The minimum Gasteiger partial charge on any atom is -0.507 e. The van der Waals surface area contributed by atoms with Crippen LogP contribution in [0, 0.1) is 5.92 Å². The molecule has 6 heteroatoms. The predicted octanol–water partition coefficient (Wildman–Crippen LogP) is 6.99. The molecule has 1 aliphatic rings. The van der Waals surface area contributed by atoms with Crippen molar-refractivity contribution in [2.24, 2.45) is 5.92 Å². The standard InChI is InChI=1S/C32H53NO5/c1-13-14-32(38-26(36)17-25(34)35,22-19-30(8,9)33(12)31(10,11)20-22)18-21-15-23(28(2,3)4)27(37)24(16-21)29(5,6)7/h15-16,22,37H,13-14,17-20H2,1-12H3,(H,34,35). The van der Waals surface area contributed by atoms with Gasteiger partial charge in [-0.3, -0.25) is 14.5 Å². The van der Waals surface area contributed by atoms with E-state index >= 15 is 0 Å². The minimum absolute atomic E-state index is 0.0337. The molecule has 1 saturated heterocycles. The third-order valence-electron chi connectivity index (χ3n) is 8.63. The van der Waals surface area contributed by atoms with Crippen molar-refractivity contribution in [3.05, 3.63) is 28.8 Å². The average Bonchev–Trinajstić information content (AvgIpc) is 2.70. The maximum atomic E-state index is 13.0. The van der Waals surface area contributed by atoms with Crippen molar-refractivity contribution in [1.82, 2.24) is 4.90 Å². The van der Waals surface area contributed by atoms with E-state index in [2.05, 4.69) is 100 Å². The van der Waals surface area contributed by atoms with Gasteiger partial charge < -0.3 is 14.9 Å². The van der Waals surface area contributed by atoms with E-state index in [0.29, 0.717) is 18.6 Å². The van der Waals surface area contributed by atoms with Gasteiger partial charge in [-0.25, -0.2) is 0 Å². The Morgan fingerprint density at radius 2 is 1.42 bits per heavy atom. The lowest BCUT2D eigenvalue weighted by Crippen LogP contribution is -2.62. The number of piperidine rings is 1. The first-order valence-corrected chi connectivity index (χ1v) is 14.1. The fourth-order valence-electron chi connectivity index (χ4n) is 6.45. The highest BCUT2D eigenvalue weighted by molar-refractivity contribution is 5.90. The van der Waals surface area contributed by atoms with Crippen LogP contribution < -0.4 is 0 Å². The summed E-state index contributed by atoms with van der Waals surface area (Å²) in [6.07, 6.45) is 2.90. The number of carboxylic acids is 1. The van der Waals surface area contributed by atoms with Gasteiger partial charge in [-0.15, -0.1) is 0 Å². The van der Waals surface area contributed by atoms with E-state index in [1.165, 1.54) is 0 Å². The number of esters is 1. The molecule has 1 heterocycles. The summed E-state index contributed by atoms with van der Waals surface area (Å²) in [7, 11) is 2.15. The summed E-state index contributed by atoms with van der Waals surface area (Å²) in [5.74, 6) is -1.52. The molecule has 1 aromatic carbocycles. The third kappa shape index (κ3) is 7.11. The zero-order chi connectivity index (χ0) is 29.5. The van der Waals surface area contributed by atoms with E-state index in [0.717, 1.165) is 36.0 Å². The molecule has 1 unspecified atom stereocenters. The van der Waals surface area contributed by atoms with Crippen LogP contribution >= 0.6 is 0 Å². The first kappa shape index (κ1) is 32.1. The number of phenols is 1. The summed E-state index contributed by atoms with van der Waals surface area (Å²) in [6.45, 7) is 23.5. The Kier molecular flexibility index (Phi) is 9.15. The first-order valence-electron chi connectivity index (χ1n) is 14.1. The lowest BCUT2D eigenvalue weighted by atomic mass is 9.64. The number of aliphatic carboxylic acids is 1. The first-order chi connectivity index (χ1) is 17.1. The molecule has 0 saturated carbocycles. The van der Waals surface area contributed by atoms with Gasteiger partial charge in [0.15, 0.2) is 0 Å². The molecule has 1 aromatic rings. The van der Waals surface area contributed by atoms with Crippen LogP contribution in [0.2, 0.25) is 0 Å². The molecule has 0 amide bonds. The number of ether oxygens (including phenoxy) is 1. The number of nitrogens with zero attached hydrogens (tertiary/aromatic N) is 1. The van der Waals surface area contributed by atoms with Gasteiger partial charge >= 0.3 is 11.9 Å². The molecule has 6 nitrogen and oxygen atoms in total. The molecule has 216 valence electrons. The smallest absolute Gasteiger partial charge is 0.317 e. The Morgan fingerprint density at radius 1 is 0.974 bits per heavy atom. The van der Waals surface area contributed by atoms with Gasteiger partial charge in [0.2, 0.25) is 0 Å². The fourth-order valence-corrected chi connectivity index (χ4v) is 6.45. The van der Waals surface area contributed by atoms with E-state index in [-0.39, 0.29) is 27.8 Å². The van der Waals surface area contributed by atoms with E-state index < -0.39 is 24.0 Å². The highest BCUT2D eigenvalue weighted by Gasteiger charge is 2.52. The molecule has 38 heavy (non-hydrogen) atoms. The second kappa shape index (κ2) is 10.8. The number of hydrogen-bond donors (Lipinski definition) is 2. The number of carbonyl (C=O) groups is 2. The number of aromatic hydroxyl groups is 1. The van der Waals surface area contributed by atoms with E-state index in [4.69, 9.17) is 4.74 Å². The lowest BCUT2D eigenvalue weighted by molar-refractivity contribution is -0.180. The van der Waals surface area contributed by atoms with Gasteiger partial charge in [-0.2, -0.15) is 0 Å². The third-order valence-corrected chi connectivity index (χ3v) is 8.63. The molecule has 0 spiro atoms. The van der Waals surface area contributed by atoms with Crippen molar-refractivity contribution in [2.45, 2.75) is 142 Å². The van der Waals surface area contributed by atoms with Crippen LogP contribution in [0.25, 0.3) is 0 Å². The van der Waals surface area contributed by atoms with Crippen molar-refractivity contribution < 1.29 is 24.5 Å². The Morgan fingerprint density at radius 3 is 1.79 bits per heavy atom. The summed E-state index contributed by atoms with van der Waals surface area (Å²) in [5.41, 5.74) is 1.04. The SMILES string of the molecule is CCCC(Cc1cc(C(C)(C)C)c(O)c(C(C)(C)C)c1)(OC(=O)CC(=O)O)C1CC(C)(C)N(C)C(C)(C)C1. The molecule has 2 rings (SSSR count). The maximum Gasteiger partial charge on any atom is 0.317 e. The predicted molar refractivity (Wildman–Crippen MR) is 154 cm³/mol. The quantitative estimate of drug-likeness (QED) is 0.278. The minimum atomic E-state index is -1.18. The van der Waals surface area contributed by atoms with Crippen molar-refractivity contribution in [3.8, 4) is 5.75 Å². The monoisotopic (exact) mass is 531 g/mol. The van der Waals surface area contributed by atoms with Crippen LogP contribution in [0.15, 0.2) is 12.1 Å². The van der Waals surface area contributed by atoms with E-state index in [1.807, 2.05) is 0 Å². The molecular weight excluding hydrogens is 478 g/mol. The number of rotatable bonds is 8. The molecule has 1 aliphatic heterocycles. The molecular formula is C32H53NO5. The number of phenolic OH excluding ortho intramolecular Hbond substituents is 1. The summed E-state index contributed by atoms with van der Waals surface area (Å²) < 4.78 is 6.34. The number of benzene rings is 1. The number of carbonyl (C=O) groups excluding carboxylic acids is 1. The normalized spacial score (nSPS) is 20.1. The summed E-state index contributed by atoms with van der Waals surface area (Å²) in [4.78, 5) is 26.9. The van der Waals surface area contributed by atoms with Gasteiger partial charge in [0.1, 0.15) is 17.8 Å². The molecule has 0 bridgehead atoms. The van der Waals surface area contributed by atoms with Crippen molar-refractivity contribution in [1.29, 1.82) is 0 Å². The average molecular weight is 532 g/mol. The van der Waals surface area contributed by atoms with Crippen LogP contribution in [0.3, 0.4) is 0 Å². The van der Waals surface area contributed by atoms with Crippen LogP contribution in [-0.2, 0) is 31.6 Å². The Hall–Kier alpha value is -2.08. The second-order valence-corrected chi connectivity index (χ2v) is 14.9. The summed E-state index contributed by atoms with van der Waals surface area (Å²) >= 11 is 0. The largest absolute Gasteiger partial charge is 0.507 e. The molecule has 1 fully saturated rings. The highest BCUT2D eigenvalue weighted by atomic mass is 16.6. The van der Waals surface area contributed by atoms with E-state index in [1.54, 1.807) is 0 Å². The van der Waals surface area contributed by atoms with Gasteiger partial charge in [-0.1, -0.05) is 67.0 Å².